The molecule has 0 aliphatic heterocycles. The Hall–Kier alpha value is -4.57. The van der Waals surface area contributed by atoms with Gasteiger partial charge in [-0.2, -0.15) is 0 Å². The highest BCUT2D eigenvalue weighted by atomic mass is 31.2. The number of unbranched alkanes of at least 4 members (excludes halogenated alkanes) is 44. The molecule has 0 aliphatic rings. The van der Waals surface area contributed by atoms with Crippen LogP contribution in [-0.4, -0.2) is 95.9 Å². The van der Waals surface area contributed by atoms with E-state index in [0.29, 0.717) is 19.3 Å². The first-order valence-electron chi connectivity index (χ1n) is 48.1. The van der Waals surface area contributed by atoms with Crippen molar-refractivity contribution in [3.05, 3.63) is 146 Å². The predicted octanol–water partition coefficient (Wildman–Crippen LogP) is 29.9. The zero-order valence-electron chi connectivity index (χ0n) is 75.8. The molecule has 0 amide bonds. The lowest BCUT2D eigenvalue weighted by Crippen LogP contribution is -2.30. The van der Waals surface area contributed by atoms with Crippen LogP contribution in [0.25, 0.3) is 0 Å². The fourth-order valence-electron chi connectivity index (χ4n) is 13.3. The Kier molecular flexibility index (Phi) is 89.1. The van der Waals surface area contributed by atoms with E-state index in [1.54, 1.807) is 0 Å². The first kappa shape index (κ1) is 114. The molecule has 0 rings (SSSR count). The summed E-state index contributed by atoms with van der Waals surface area (Å²) >= 11 is 0. The largest absolute Gasteiger partial charge is 0.472 e. The Balaban J connectivity index is 4.34. The van der Waals surface area contributed by atoms with E-state index in [1.807, 2.05) is 0 Å². The fourth-order valence-corrected chi connectivity index (χ4v) is 14.9. The molecule has 0 saturated carbocycles. The van der Waals surface area contributed by atoms with E-state index in [9.17, 15) is 43.5 Å². The quantitative estimate of drug-likeness (QED) is 0.0146. The summed E-state index contributed by atoms with van der Waals surface area (Å²) in [6.07, 6.45) is 118. The number of phosphoric acid groups is 2. The van der Waals surface area contributed by atoms with Gasteiger partial charge in [0.25, 0.3) is 0 Å². The molecule has 0 radical (unpaired) electrons. The van der Waals surface area contributed by atoms with Gasteiger partial charge in [0.1, 0.15) is 25.4 Å². The van der Waals surface area contributed by atoms with Gasteiger partial charge in [-0.05, 0) is 135 Å². The number of aliphatic hydroxyl groups excluding tert-OH is 2. The first-order chi connectivity index (χ1) is 58.2. The molecule has 5 unspecified atom stereocenters. The maximum Gasteiger partial charge on any atom is 0.472 e. The highest BCUT2D eigenvalue weighted by molar-refractivity contribution is 7.47. The summed E-state index contributed by atoms with van der Waals surface area (Å²) < 4.78 is 61.4. The number of ether oxygens (including phenoxy) is 3. The van der Waals surface area contributed by atoms with Crippen molar-refractivity contribution in [1.29, 1.82) is 0 Å². The van der Waals surface area contributed by atoms with Gasteiger partial charge in [-0.25, -0.2) is 9.13 Å². The van der Waals surface area contributed by atoms with Crippen molar-refractivity contribution >= 4 is 33.6 Å². The molecule has 119 heavy (non-hydrogen) atoms. The third-order valence-electron chi connectivity index (χ3n) is 20.5. The van der Waals surface area contributed by atoms with Crippen molar-refractivity contribution in [3.63, 3.8) is 0 Å². The average Bonchev–Trinajstić information content (AvgIpc) is 0.893. The molecule has 0 bridgehead atoms. The summed E-state index contributed by atoms with van der Waals surface area (Å²) in [4.78, 5) is 58.9. The third-order valence-corrected chi connectivity index (χ3v) is 22.4. The summed E-state index contributed by atoms with van der Waals surface area (Å²) in [6, 6.07) is 0. The lowest BCUT2D eigenvalue weighted by Gasteiger charge is -2.21. The summed E-state index contributed by atoms with van der Waals surface area (Å²) in [5, 5.41) is 20.7. The standard InChI is InChI=1S/C101H176O16P2/c1-4-7-10-13-16-19-22-25-27-29-31-33-35-37-39-41-43-45-47-49-51-53-55-57-59-61-63-65-67-70-72-75-78-81-84-87-99(104)111-90-96(102)91-113-118(107,108)114-92-97(103)93-115-119(109,110)116-95-98(117-101(106)89-86-83-80-77-74-69-24-21-18-15-12-9-6-3)94-112-100(105)88-85-82-79-76-73-71-68-66-64-62-60-58-56-54-52-50-48-46-44-42-40-38-36-34-32-30-28-26-23-20-17-14-11-8-5-2/h7-8,10-12,15-17,19-21,24-28,31-34,37-40,96-98,102-103H,4-6,9,13-14,18,22-23,29-30,35-36,41-95H2,1-3H3,(H,107,108)(H,109,110)/b10-7-,11-8-,15-12-,19-16-,20-17-,24-21-,27-25-,28-26-,33-31-,34-32-,39-37-,40-38-. The number of phosphoric ester groups is 2. The molecule has 5 atom stereocenters. The Morgan fingerprint density at radius 2 is 0.445 bits per heavy atom. The number of carbonyl (C=O) groups is 3. The van der Waals surface area contributed by atoms with E-state index in [-0.39, 0.29) is 19.3 Å². The van der Waals surface area contributed by atoms with Crippen LogP contribution in [0.5, 0.6) is 0 Å². The molecule has 0 aliphatic carbocycles. The molecule has 0 heterocycles. The predicted molar refractivity (Wildman–Crippen MR) is 500 cm³/mol. The van der Waals surface area contributed by atoms with Crippen molar-refractivity contribution < 1.29 is 75.8 Å². The zero-order valence-corrected chi connectivity index (χ0v) is 77.5. The van der Waals surface area contributed by atoms with E-state index in [0.717, 1.165) is 154 Å². The summed E-state index contributed by atoms with van der Waals surface area (Å²) in [7, 11) is -9.80. The molecule has 0 aromatic rings. The Bertz CT molecular complexity index is 2740. The molecular formula is C101H176O16P2. The average molecular weight is 1710 g/mol. The lowest BCUT2D eigenvalue weighted by atomic mass is 10.0. The molecule has 16 nitrogen and oxygen atoms in total. The number of rotatable bonds is 91. The SMILES string of the molecule is CC/C=C\C/C=C\C/C=C\C/C=C\C/C=C\CCCCCCCCCCCCCCCCCCCCCC(=O)OCC(O)COP(=O)(O)OCC(O)COP(=O)(O)OCC(COC(=O)CCCCCCCCCCCCCCCCCCCCC/C=C\C/C=C\C/C=C\C/C=C\C/C=C\CC)OC(=O)CCCCCCC/C=C\C/C=C\CCC. The van der Waals surface area contributed by atoms with Crippen LogP contribution < -0.4 is 0 Å². The minimum atomic E-state index is -4.94. The Labute approximate surface area is 728 Å². The van der Waals surface area contributed by atoms with Crippen LogP contribution in [0.1, 0.15) is 419 Å². The second-order valence-electron chi connectivity index (χ2n) is 32.1. The van der Waals surface area contributed by atoms with Crippen LogP contribution in [0.2, 0.25) is 0 Å². The van der Waals surface area contributed by atoms with Crippen molar-refractivity contribution in [2.45, 2.75) is 437 Å². The van der Waals surface area contributed by atoms with Crippen LogP contribution in [0.3, 0.4) is 0 Å². The van der Waals surface area contributed by atoms with Gasteiger partial charge in [0.2, 0.25) is 0 Å². The van der Waals surface area contributed by atoms with Crippen LogP contribution in [0.15, 0.2) is 146 Å². The highest BCUT2D eigenvalue weighted by Gasteiger charge is 2.30. The normalized spacial score (nSPS) is 14.4. The van der Waals surface area contributed by atoms with Gasteiger partial charge in [-0.15, -0.1) is 0 Å². The zero-order chi connectivity index (χ0) is 86.5. The number of carbonyl (C=O) groups excluding carboxylic acids is 3. The summed E-state index contributed by atoms with van der Waals surface area (Å²) in [5.74, 6) is -1.57. The smallest absolute Gasteiger partial charge is 0.463 e. The van der Waals surface area contributed by atoms with E-state index in [1.165, 1.54) is 205 Å². The van der Waals surface area contributed by atoms with Crippen molar-refractivity contribution in [1.82, 2.24) is 0 Å². The third kappa shape index (κ3) is 94.0. The van der Waals surface area contributed by atoms with Crippen molar-refractivity contribution in [3.8, 4) is 0 Å². The van der Waals surface area contributed by atoms with Gasteiger partial charge in [-0.3, -0.25) is 32.5 Å². The van der Waals surface area contributed by atoms with Gasteiger partial charge in [0.05, 0.1) is 26.4 Å². The van der Waals surface area contributed by atoms with Crippen LogP contribution in [0, 0.1) is 0 Å². The van der Waals surface area contributed by atoms with Gasteiger partial charge < -0.3 is 34.2 Å². The van der Waals surface area contributed by atoms with Crippen molar-refractivity contribution in [2.24, 2.45) is 0 Å². The van der Waals surface area contributed by atoms with E-state index >= 15 is 0 Å². The van der Waals surface area contributed by atoms with E-state index in [4.69, 9.17) is 32.3 Å². The number of hydrogen-bond donors (Lipinski definition) is 4. The van der Waals surface area contributed by atoms with Crippen molar-refractivity contribution in [2.75, 3.05) is 39.6 Å². The van der Waals surface area contributed by atoms with Gasteiger partial charge in [-0.1, -0.05) is 411 Å². The van der Waals surface area contributed by atoms with Crippen LogP contribution in [-0.2, 0) is 55.8 Å². The Morgan fingerprint density at radius 3 is 0.706 bits per heavy atom. The number of aliphatic hydroxyl groups is 2. The van der Waals surface area contributed by atoms with Gasteiger partial charge in [0, 0.05) is 19.3 Å². The van der Waals surface area contributed by atoms with Crippen LogP contribution in [0.4, 0.5) is 0 Å². The second kappa shape index (κ2) is 92.6. The minimum absolute atomic E-state index is 0.0892. The molecule has 0 spiro atoms. The van der Waals surface area contributed by atoms with E-state index < -0.39 is 91.5 Å². The molecule has 0 aromatic carbocycles. The molecule has 18 heteroatoms. The minimum Gasteiger partial charge on any atom is -0.463 e. The topological polar surface area (TPSA) is 231 Å². The highest BCUT2D eigenvalue weighted by Crippen LogP contribution is 2.45. The maximum absolute atomic E-state index is 13.0. The monoisotopic (exact) mass is 1710 g/mol. The fraction of sp³-hybridized carbons (Fsp3) is 0.733. The number of hydrogen-bond acceptors (Lipinski definition) is 14. The summed E-state index contributed by atoms with van der Waals surface area (Å²) in [5.41, 5.74) is 0. The lowest BCUT2D eigenvalue weighted by molar-refractivity contribution is -0.161. The molecule has 0 aromatic heterocycles. The molecule has 0 saturated heterocycles. The number of allylic oxidation sites excluding steroid dienone is 24. The maximum atomic E-state index is 13.0. The van der Waals surface area contributed by atoms with Gasteiger partial charge >= 0.3 is 33.6 Å². The van der Waals surface area contributed by atoms with Crippen LogP contribution >= 0.6 is 15.6 Å². The van der Waals surface area contributed by atoms with Gasteiger partial charge in [0.15, 0.2) is 6.10 Å². The molecule has 4 N–H and O–H groups in total. The second-order valence-corrected chi connectivity index (χ2v) is 35.0. The molecule has 686 valence electrons. The van der Waals surface area contributed by atoms with E-state index in [2.05, 4.69) is 167 Å². The first-order valence-corrected chi connectivity index (χ1v) is 51.1. The number of esters is 3. The molecule has 0 fully saturated rings. The Morgan fingerprint density at radius 1 is 0.244 bits per heavy atom. The summed E-state index contributed by atoms with van der Waals surface area (Å²) in [6.45, 7) is 2.43. The molecular weight excluding hydrogens is 1530 g/mol.